The van der Waals surface area contributed by atoms with E-state index >= 15 is 0 Å². The van der Waals surface area contributed by atoms with E-state index in [0.29, 0.717) is 5.69 Å². The Morgan fingerprint density at radius 3 is 2.76 bits per heavy atom. The van der Waals surface area contributed by atoms with Crippen LogP contribution in [0.1, 0.15) is 15.9 Å². The molecule has 0 aliphatic carbocycles. The number of benzene rings is 1. The number of aryl methyl sites for hydroxylation is 1. The molecular formula is C14H11Cl2N2O2Y-. The van der Waals surface area contributed by atoms with Crippen molar-refractivity contribution in [2.75, 3.05) is 12.4 Å². The molecule has 0 atom stereocenters. The molecule has 0 fully saturated rings. The maximum absolute atomic E-state index is 11.8. The smallest absolute Gasteiger partial charge is 0.341 e. The Bertz CT molecular complexity index is 665. The predicted octanol–water partition coefficient (Wildman–Crippen LogP) is 4.02. The second-order valence-electron chi connectivity index (χ2n) is 4.01. The Morgan fingerprint density at radius 2 is 2.14 bits per heavy atom. The Hall–Kier alpha value is -0.676. The van der Waals surface area contributed by atoms with Crippen molar-refractivity contribution in [3.63, 3.8) is 0 Å². The number of esters is 1. The number of carbonyl (C=O) groups is 1. The van der Waals surface area contributed by atoms with Crippen LogP contribution in [0.15, 0.2) is 24.4 Å². The van der Waals surface area contributed by atoms with Gasteiger partial charge in [-0.2, -0.15) is 18.2 Å². The minimum atomic E-state index is -0.543. The zero-order valence-corrected chi connectivity index (χ0v) is 15.8. The van der Waals surface area contributed by atoms with E-state index in [-0.39, 0.29) is 48.4 Å². The van der Waals surface area contributed by atoms with Crippen LogP contribution in [-0.4, -0.2) is 18.1 Å². The largest absolute Gasteiger partial charge is 0.465 e. The summed E-state index contributed by atoms with van der Waals surface area (Å²) in [5, 5.41) is 3.37. The average Bonchev–Trinajstić information content (AvgIpc) is 2.45. The van der Waals surface area contributed by atoms with Gasteiger partial charge in [0.2, 0.25) is 0 Å². The number of methoxy groups -OCH3 is 1. The molecule has 1 heterocycles. The van der Waals surface area contributed by atoms with Gasteiger partial charge in [0.1, 0.15) is 15.7 Å². The number of nitrogens with one attached hydrogen (secondary N) is 1. The van der Waals surface area contributed by atoms with Crippen molar-refractivity contribution >= 4 is 40.5 Å². The number of nitrogens with zero attached hydrogens (tertiary/aromatic N) is 1. The summed E-state index contributed by atoms with van der Waals surface area (Å²) in [4.78, 5) is 15.6. The second-order valence-corrected chi connectivity index (χ2v) is 4.75. The van der Waals surface area contributed by atoms with E-state index in [2.05, 4.69) is 16.4 Å². The molecule has 1 N–H and O–H groups in total. The Balaban J connectivity index is 0.00000220. The number of rotatable bonds is 3. The fraction of sp³-hybridized carbons (Fsp3) is 0.143. The van der Waals surface area contributed by atoms with E-state index in [4.69, 9.17) is 27.9 Å². The molecule has 0 saturated carbocycles. The summed E-state index contributed by atoms with van der Waals surface area (Å²) in [7, 11) is 1.29. The maximum atomic E-state index is 11.8. The molecule has 0 aliphatic heterocycles. The number of ether oxygens (including phenoxy) is 1. The number of aromatic nitrogens is 1. The van der Waals surface area contributed by atoms with Crippen LogP contribution in [0.4, 0.5) is 11.4 Å². The minimum absolute atomic E-state index is 0. The fourth-order valence-electron chi connectivity index (χ4n) is 1.64. The third-order valence-corrected chi connectivity index (χ3v) is 3.46. The van der Waals surface area contributed by atoms with E-state index in [9.17, 15) is 4.79 Å². The summed E-state index contributed by atoms with van der Waals surface area (Å²) < 4.78 is 4.71. The summed E-state index contributed by atoms with van der Waals surface area (Å²) in [5.41, 5.74) is 2.33. The van der Waals surface area contributed by atoms with Crippen molar-refractivity contribution in [2.45, 2.75) is 6.92 Å². The zero-order valence-electron chi connectivity index (χ0n) is 11.4. The number of hydrogen-bond acceptors (Lipinski definition) is 4. The first-order valence-corrected chi connectivity index (χ1v) is 6.46. The van der Waals surface area contributed by atoms with Crippen molar-refractivity contribution in [3.8, 4) is 0 Å². The Kier molecular flexibility index (Phi) is 7.08. The number of pyridine rings is 1. The first-order valence-electron chi connectivity index (χ1n) is 5.70. The van der Waals surface area contributed by atoms with Crippen molar-refractivity contribution < 1.29 is 42.2 Å². The number of carbonyl (C=O) groups excluding carboxylic acids is 1. The van der Waals surface area contributed by atoms with Gasteiger partial charge in [0.05, 0.1) is 12.8 Å². The SMILES string of the molecule is COC(=O)c1cnc(Cl)c(Cl)c1Nc1cc[c-]cc1C.[Y]. The monoisotopic (exact) mass is 398 g/mol. The van der Waals surface area contributed by atoms with Crippen molar-refractivity contribution in [2.24, 2.45) is 0 Å². The molecule has 0 spiro atoms. The zero-order chi connectivity index (χ0) is 14.7. The molecule has 4 nitrogen and oxygen atoms in total. The van der Waals surface area contributed by atoms with Gasteiger partial charge in [-0.05, 0) is 0 Å². The summed E-state index contributed by atoms with van der Waals surface area (Å²) in [5.74, 6) is -0.543. The third kappa shape index (κ3) is 4.16. The van der Waals surface area contributed by atoms with Crippen molar-refractivity contribution in [1.29, 1.82) is 0 Å². The molecule has 0 saturated heterocycles. The van der Waals surface area contributed by atoms with E-state index < -0.39 is 5.97 Å². The van der Waals surface area contributed by atoms with E-state index in [0.717, 1.165) is 11.3 Å². The second kappa shape index (κ2) is 8.09. The van der Waals surface area contributed by atoms with E-state index in [1.807, 2.05) is 19.1 Å². The summed E-state index contributed by atoms with van der Waals surface area (Å²) in [6.45, 7) is 1.91. The van der Waals surface area contributed by atoms with Crippen LogP contribution in [0.5, 0.6) is 0 Å². The van der Waals surface area contributed by atoms with Gasteiger partial charge in [-0.25, -0.2) is 9.78 Å². The van der Waals surface area contributed by atoms with Gasteiger partial charge in [0.25, 0.3) is 0 Å². The molecule has 1 radical (unpaired) electrons. The molecule has 0 unspecified atom stereocenters. The summed E-state index contributed by atoms with van der Waals surface area (Å²) in [6.07, 6.45) is 1.33. The first-order chi connectivity index (χ1) is 9.54. The molecule has 21 heavy (non-hydrogen) atoms. The van der Waals surface area contributed by atoms with Gasteiger partial charge in [-0.15, -0.1) is 11.6 Å². The van der Waals surface area contributed by atoms with Crippen molar-refractivity contribution in [3.05, 3.63) is 51.8 Å². The minimum Gasteiger partial charge on any atom is -0.465 e. The molecule has 1 aromatic heterocycles. The molecule has 2 rings (SSSR count). The van der Waals surface area contributed by atoms with Gasteiger partial charge in [-0.3, -0.25) is 0 Å². The third-order valence-electron chi connectivity index (χ3n) is 2.71. The normalized spacial score (nSPS) is 9.71. The molecule has 1 aromatic carbocycles. The predicted molar refractivity (Wildman–Crippen MR) is 78.9 cm³/mol. The average molecular weight is 399 g/mol. The first kappa shape index (κ1) is 18.4. The van der Waals surface area contributed by atoms with Crippen LogP contribution >= 0.6 is 23.2 Å². The molecular weight excluding hydrogens is 388 g/mol. The molecule has 0 bridgehead atoms. The summed E-state index contributed by atoms with van der Waals surface area (Å²) >= 11 is 12.0. The van der Waals surface area contributed by atoms with Crippen LogP contribution in [0.25, 0.3) is 0 Å². The molecule has 7 heteroatoms. The van der Waals surface area contributed by atoms with Crippen LogP contribution < -0.4 is 5.32 Å². The van der Waals surface area contributed by atoms with E-state index in [1.54, 1.807) is 6.07 Å². The maximum Gasteiger partial charge on any atom is 0.341 e. The number of hydrogen-bond donors (Lipinski definition) is 1. The van der Waals surface area contributed by atoms with Crippen LogP contribution in [0.3, 0.4) is 0 Å². The molecule has 107 valence electrons. The van der Waals surface area contributed by atoms with Gasteiger partial charge >= 0.3 is 5.97 Å². The van der Waals surface area contributed by atoms with E-state index in [1.165, 1.54) is 13.3 Å². The van der Waals surface area contributed by atoms with Gasteiger partial charge in [0, 0.05) is 38.9 Å². The fourth-order valence-corrected chi connectivity index (χ4v) is 1.98. The molecule has 0 aliphatic rings. The summed E-state index contributed by atoms with van der Waals surface area (Å²) in [6, 6.07) is 8.35. The quantitative estimate of drug-likeness (QED) is 0.481. The van der Waals surface area contributed by atoms with Crippen LogP contribution in [0.2, 0.25) is 10.2 Å². The number of halogens is 2. The van der Waals surface area contributed by atoms with Crippen LogP contribution in [-0.2, 0) is 37.4 Å². The van der Waals surface area contributed by atoms with Crippen molar-refractivity contribution in [1.82, 2.24) is 4.98 Å². The van der Waals surface area contributed by atoms with Gasteiger partial charge in [-0.1, -0.05) is 35.8 Å². The molecule has 2 aromatic rings. The Labute approximate surface area is 158 Å². The molecule has 0 amide bonds. The Morgan fingerprint density at radius 1 is 1.43 bits per heavy atom. The topological polar surface area (TPSA) is 51.2 Å². The van der Waals surface area contributed by atoms with Gasteiger partial charge in [0.15, 0.2) is 0 Å². The van der Waals surface area contributed by atoms with Gasteiger partial charge < -0.3 is 10.1 Å². The standard InChI is InChI=1S/C14H11Cl2N2O2.Y/c1-8-5-3-4-6-10(8)18-12-9(14(19)20-2)7-17-13(16)11(12)15;/h4-7H,1-2H3,(H,17,18);/q-1;. The number of anilines is 2. The van der Waals surface area contributed by atoms with Crippen LogP contribution in [0, 0.1) is 13.0 Å².